The van der Waals surface area contributed by atoms with Crippen LogP contribution in [0.1, 0.15) is 98.3 Å². The zero-order valence-corrected chi connectivity index (χ0v) is 21.8. The van der Waals surface area contributed by atoms with Gasteiger partial charge in [-0.25, -0.2) is 0 Å². The molecule has 9 atom stereocenters. The van der Waals surface area contributed by atoms with Gasteiger partial charge in [0.25, 0.3) is 0 Å². The molecule has 5 rings (SSSR count). The van der Waals surface area contributed by atoms with Gasteiger partial charge in [0.05, 0.1) is 12.5 Å². The second-order valence-corrected chi connectivity index (χ2v) is 13.7. The SMILES string of the molecule is C=CCC1CC2(C)C(CCC3(C)C4CCC5(C(=O)OC)CCCC5C4CCC32)C(C)(C)C1=O. The Balaban J connectivity index is 1.49. The van der Waals surface area contributed by atoms with Crippen LogP contribution in [0.15, 0.2) is 12.7 Å². The maximum atomic E-state index is 13.5. The van der Waals surface area contributed by atoms with Crippen LogP contribution in [-0.4, -0.2) is 18.9 Å². The van der Waals surface area contributed by atoms with Crippen LogP contribution in [0.5, 0.6) is 0 Å². The van der Waals surface area contributed by atoms with E-state index in [2.05, 4.69) is 34.3 Å². The summed E-state index contributed by atoms with van der Waals surface area (Å²) in [5.74, 6) is 3.75. The summed E-state index contributed by atoms with van der Waals surface area (Å²) >= 11 is 0. The Hall–Kier alpha value is -1.12. The van der Waals surface area contributed by atoms with Crippen molar-refractivity contribution in [2.24, 2.45) is 57.2 Å². The molecule has 184 valence electrons. The summed E-state index contributed by atoms with van der Waals surface area (Å²) in [7, 11) is 1.59. The minimum Gasteiger partial charge on any atom is -0.469 e. The first-order chi connectivity index (χ1) is 15.6. The molecule has 0 heterocycles. The van der Waals surface area contributed by atoms with Crippen LogP contribution in [0.4, 0.5) is 0 Å². The first-order valence-corrected chi connectivity index (χ1v) is 13.8. The van der Waals surface area contributed by atoms with Gasteiger partial charge in [0.15, 0.2) is 0 Å². The number of ketones is 1. The van der Waals surface area contributed by atoms with Crippen molar-refractivity contribution >= 4 is 11.8 Å². The van der Waals surface area contributed by atoms with E-state index >= 15 is 0 Å². The fraction of sp³-hybridized carbons (Fsp3) is 0.867. The van der Waals surface area contributed by atoms with Crippen LogP contribution in [-0.2, 0) is 14.3 Å². The minimum absolute atomic E-state index is 0.0752. The van der Waals surface area contributed by atoms with Crippen LogP contribution in [0, 0.1) is 57.2 Å². The van der Waals surface area contributed by atoms with Crippen molar-refractivity contribution in [3.05, 3.63) is 12.7 Å². The smallest absolute Gasteiger partial charge is 0.312 e. The normalized spacial score (nSPS) is 50.4. The fourth-order valence-corrected chi connectivity index (χ4v) is 11.3. The lowest BCUT2D eigenvalue weighted by Gasteiger charge is -2.68. The Morgan fingerprint density at radius 1 is 0.970 bits per heavy atom. The monoisotopic (exact) mass is 454 g/mol. The molecule has 3 heteroatoms. The van der Waals surface area contributed by atoms with Gasteiger partial charge in [0.2, 0.25) is 0 Å². The second-order valence-electron chi connectivity index (χ2n) is 13.7. The van der Waals surface area contributed by atoms with Crippen molar-refractivity contribution in [1.82, 2.24) is 0 Å². The zero-order chi connectivity index (χ0) is 23.8. The van der Waals surface area contributed by atoms with Gasteiger partial charge in [-0.2, -0.15) is 0 Å². The highest BCUT2D eigenvalue weighted by Crippen LogP contribution is 2.73. The number of esters is 1. The van der Waals surface area contributed by atoms with Gasteiger partial charge >= 0.3 is 5.97 Å². The Morgan fingerprint density at radius 2 is 1.73 bits per heavy atom. The number of rotatable bonds is 3. The predicted molar refractivity (Wildman–Crippen MR) is 131 cm³/mol. The number of hydrogen-bond acceptors (Lipinski definition) is 3. The number of fused-ring (bicyclic) bond motifs is 7. The molecule has 5 saturated carbocycles. The first kappa shape index (κ1) is 23.6. The number of allylic oxidation sites excluding steroid dienone is 1. The Kier molecular flexibility index (Phi) is 5.50. The molecule has 0 bridgehead atoms. The molecule has 0 N–H and O–H groups in total. The van der Waals surface area contributed by atoms with Crippen molar-refractivity contribution in [2.75, 3.05) is 7.11 Å². The van der Waals surface area contributed by atoms with Gasteiger partial charge < -0.3 is 4.74 Å². The van der Waals surface area contributed by atoms with Crippen LogP contribution in [0.2, 0.25) is 0 Å². The van der Waals surface area contributed by atoms with E-state index in [1.807, 2.05) is 6.08 Å². The van der Waals surface area contributed by atoms with E-state index < -0.39 is 0 Å². The quantitative estimate of drug-likeness (QED) is 0.341. The second kappa shape index (κ2) is 7.69. The Morgan fingerprint density at radius 3 is 2.42 bits per heavy atom. The molecule has 0 aliphatic heterocycles. The number of carbonyl (C=O) groups excluding carboxylic acids is 2. The summed E-state index contributed by atoms with van der Waals surface area (Å²) in [5, 5.41) is 0. The van der Waals surface area contributed by atoms with E-state index in [0.29, 0.717) is 40.8 Å². The third-order valence-corrected chi connectivity index (χ3v) is 12.4. The molecular weight excluding hydrogens is 408 g/mol. The molecule has 33 heavy (non-hydrogen) atoms. The number of ether oxygens (including phenoxy) is 1. The van der Waals surface area contributed by atoms with Crippen molar-refractivity contribution in [3.8, 4) is 0 Å². The molecule has 0 aromatic rings. The van der Waals surface area contributed by atoms with Gasteiger partial charge in [0, 0.05) is 11.3 Å². The summed E-state index contributed by atoms with van der Waals surface area (Å²) in [6, 6.07) is 0. The molecule has 9 unspecified atom stereocenters. The van der Waals surface area contributed by atoms with Crippen molar-refractivity contribution in [3.63, 3.8) is 0 Å². The van der Waals surface area contributed by atoms with Crippen molar-refractivity contribution in [2.45, 2.75) is 98.3 Å². The molecule has 0 aromatic carbocycles. The first-order valence-electron chi connectivity index (χ1n) is 13.8. The molecule has 0 radical (unpaired) electrons. The van der Waals surface area contributed by atoms with Crippen LogP contribution >= 0.6 is 0 Å². The molecule has 0 aromatic heterocycles. The number of carbonyl (C=O) groups is 2. The van der Waals surface area contributed by atoms with Gasteiger partial charge in [-0.3, -0.25) is 9.59 Å². The van der Waals surface area contributed by atoms with Crippen LogP contribution < -0.4 is 0 Å². The van der Waals surface area contributed by atoms with E-state index in [4.69, 9.17) is 4.74 Å². The largest absolute Gasteiger partial charge is 0.469 e. The summed E-state index contributed by atoms with van der Waals surface area (Å²) < 4.78 is 5.38. The summed E-state index contributed by atoms with van der Waals surface area (Å²) in [4.78, 5) is 26.4. The van der Waals surface area contributed by atoms with Crippen LogP contribution in [0.3, 0.4) is 0 Å². The Bertz CT molecular complexity index is 843. The predicted octanol–water partition coefficient (Wildman–Crippen LogP) is 7.00. The van der Waals surface area contributed by atoms with Gasteiger partial charge in [0.1, 0.15) is 5.78 Å². The topological polar surface area (TPSA) is 43.4 Å². The maximum Gasteiger partial charge on any atom is 0.312 e. The van der Waals surface area contributed by atoms with Gasteiger partial charge in [-0.1, -0.05) is 40.2 Å². The van der Waals surface area contributed by atoms with Crippen LogP contribution in [0.25, 0.3) is 0 Å². The summed E-state index contributed by atoms with van der Waals surface area (Å²) in [6.45, 7) is 13.6. The number of hydrogen-bond donors (Lipinski definition) is 0. The lowest BCUT2D eigenvalue weighted by molar-refractivity contribution is -0.206. The van der Waals surface area contributed by atoms with Gasteiger partial charge in [-0.15, -0.1) is 6.58 Å². The third kappa shape index (κ3) is 2.99. The van der Waals surface area contributed by atoms with E-state index in [9.17, 15) is 9.59 Å². The summed E-state index contributed by atoms with van der Waals surface area (Å²) in [5.41, 5.74) is 0.106. The lowest BCUT2D eigenvalue weighted by Crippen LogP contribution is -2.64. The third-order valence-electron chi connectivity index (χ3n) is 12.4. The standard InChI is InChI=1S/C30H46O3/c1-7-9-19-18-29(5)23(27(2,3)25(19)31)14-16-28(4)21-13-17-30(26(32)33-6)15-8-10-22(30)20(21)11-12-24(28)29/h7,19-24H,1,8-18H2,2-6H3. The molecule has 0 saturated heterocycles. The highest BCUT2D eigenvalue weighted by molar-refractivity contribution is 5.88. The summed E-state index contributed by atoms with van der Waals surface area (Å²) in [6.07, 6.45) is 14.4. The number of methoxy groups -OCH3 is 1. The minimum atomic E-state index is -0.239. The van der Waals surface area contributed by atoms with Crippen molar-refractivity contribution in [1.29, 1.82) is 0 Å². The lowest BCUT2D eigenvalue weighted by atomic mass is 9.35. The molecule has 5 aliphatic carbocycles. The van der Waals surface area contributed by atoms with E-state index in [-0.39, 0.29) is 28.1 Å². The average Bonchev–Trinajstić information content (AvgIpc) is 3.22. The Labute approximate surface area is 201 Å². The highest BCUT2D eigenvalue weighted by Gasteiger charge is 2.68. The molecular formula is C30H46O3. The van der Waals surface area contributed by atoms with E-state index in [1.54, 1.807) is 7.11 Å². The molecule has 3 nitrogen and oxygen atoms in total. The highest BCUT2D eigenvalue weighted by atomic mass is 16.5. The van der Waals surface area contributed by atoms with E-state index in [1.165, 1.54) is 44.9 Å². The van der Waals surface area contributed by atoms with Gasteiger partial charge in [-0.05, 0) is 105 Å². The van der Waals surface area contributed by atoms with Crippen molar-refractivity contribution < 1.29 is 14.3 Å². The van der Waals surface area contributed by atoms with E-state index in [0.717, 1.165) is 25.7 Å². The molecule has 5 aliphatic rings. The zero-order valence-electron chi connectivity index (χ0n) is 21.8. The average molecular weight is 455 g/mol. The molecule has 0 amide bonds. The molecule has 0 spiro atoms. The maximum absolute atomic E-state index is 13.5. The number of Topliss-reactive ketones (excluding diaryl/α,β-unsaturated/α-hetero) is 1. The fourth-order valence-electron chi connectivity index (χ4n) is 11.3. The molecule has 5 fully saturated rings.